The van der Waals surface area contributed by atoms with E-state index in [1.165, 1.54) is 12.1 Å². The van der Waals surface area contributed by atoms with Gasteiger partial charge in [-0.05, 0) is 88.9 Å². The molecule has 1 saturated heterocycles. The number of rotatable bonds is 5. The zero-order chi connectivity index (χ0) is 21.8. The summed E-state index contributed by atoms with van der Waals surface area (Å²) in [6.07, 6.45) is 0. The highest BCUT2D eigenvalue weighted by Crippen LogP contribution is 2.29. The minimum Gasteiger partial charge on any atom is -0.482 e. The van der Waals surface area contributed by atoms with Crippen molar-refractivity contribution in [1.82, 2.24) is 9.80 Å². The minimum atomic E-state index is -0.234. The van der Waals surface area contributed by atoms with E-state index in [2.05, 4.69) is 63.1 Å². The Morgan fingerprint density at radius 1 is 1.17 bits per heavy atom. The molecule has 0 spiro atoms. The second-order valence-electron chi connectivity index (χ2n) is 7.47. The van der Waals surface area contributed by atoms with Gasteiger partial charge in [-0.25, -0.2) is 4.39 Å². The number of amides is 1. The number of carbonyl (C=O) groups is 1. The van der Waals surface area contributed by atoms with Crippen LogP contribution in [0.5, 0.6) is 5.75 Å². The van der Waals surface area contributed by atoms with Crippen LogP contribution in [-0.2, 0) is 11.3 Å². The largest absolute Gasteiger partial charge is 0.482 e. The molecule has 1 aliphatic heterocycles. The summed E-state index contributed by atoms with van der Waals surface area (Å²) >= 11 is 4.25. The summed E-state index contributed by atoms with van der Waals surface area (Å²) in [5.74, 6) is 0.355. The lowest BCUT2D eigenvalue weighted by Gasteiger charge is -2.44. The number of hydrogen-bond donors (Lipinski definition) is 0. The number of nitriles is 1. The van der Waals surface area contributed by atoms with Gasteiger partial charge in [0, 0.05) is 31.7 Å². The SMILES string of the molecule is CC1CN(C(=O)COc2c(I)cc(C#N)cc2I)C(C)CN1Cc1ccc(F)cc1. The average molecular weight is 633 g/mol. The molecule has 1 aliphatic rings. The first-order valence-electron chi connectivity index (χ1n) is 9.58. The highest BCUT2D eigenvalue weighted by atomic mass is 127. The minimum absolute atomic E-state index is 0.0348. The van der Waals surface area contributed by atoms with Crippen LogP contribution >= 0.6 is 45.2 Å². The molecule has 1 amide bonds. The number of hydrogen-bond acceptors (Lipinski definition) is 4. The maximum Gasteiger partial charge on any atom is 0.260 e. The molecule has 158 valence electrons. The van der Waals surface area contributed by atoms with Gasteiger partial charge in [0.2, 0.25) is 0 Å². The predicted molar refractivity (Wildman–Crippen MR) is 130 cm³/mol. The number of halogens is 3. The van der Waals surface area contributed by atoms with Gasteiger partial charge in [0.15, 0.2) is 6.61 Å². The van der Waals surface area contributed by atoms with Crippen molar-refractivity contribution in [3.05, 3.63) is 60.5 Å². The molecule has 2 aromatic carbocycles. The molecule has 3 rings (SSSR count). The number of ether oxygens (including phenoxy) is 1. The molecule has 0 saturated carbocycles. The molecule has 2 unspecified atom stereocenters. The number of piperazine rings is 1. The van der Waals surface area contributed by atoms with E-state index in [4.69, 9.17) is 10.00 Å². The zero-order valence-corrected chi connectivity index (χ0v) is 21.1. The summed E-state index contributed by atoms with van der Waals surface area (Å²) in [6, 6.07) is 12.4. The van der Waals surface area contributed by atoms with Gasteiger partial charge in [0.1, 0.15) is 11.6 Å². The Morgan fingerprint density at radius 2 is 1.80 bits per heavy atom. The lowest BCUT2D eigenvalue weighted by molar-refractivity contribution is -0.139. The molecule has 0 N–H and O–H groups in total. The van der Waals surface area contributed by atoms with E-state index >= 15 is 0 Å². The molecule has 5 nitrogen and oxygen atoms in total. The van der Waals surface area contributed by atoms with Gasteiger partial charge in [-0.2, -0.15) is 5.26 Å². The zero-order valence-electron chi connectivity index (χ0n) is 16.7. The first-order valence-corrected chi connectivity index (χ1v) is 11.7. The summed E-state index contributed by atoms with van der Waals surface area (Å²) < 4.78 is 20.6. The fourth-order valence-corrected chi connectivity index (χ4v) is 5.65. The Labute approximate surface area is 203 Å². The van der Waals surface area contributed by atoms with Gasteiger partial charge >= 0.3 is 0 Å². The van der Waals surface area contributed by atoms with Crippen LogP contribution in [0.1, 0.15) is 25.0 Å². The van der Waals surface area contributed by atoms with E-state index in [0.717, 1.165) is 25.8 Å². The summed E-state index contributed by atoms with van der Waals surface area (Å²) in [7, 11) is 0. The van der Waals surface area contributed by atoms with Crippen LogP contribution in [0.3, 0.4) is 0 Å². The molecular weight excluding hydrogens is 611 g/mol. The van der Waals surface area contributed by atoms with Crippen LogP contribution in [0.25, 0.3) is 0 Å². The Bertz CT molecular complexity index is 939. The molecule has 30 heavy (non-hydrogen) atoms. The lowest BCUT2D eigenvalue weighted by Crippen LogP contribution is -2.58. The maximum atomic E-state index is 13.1. The van der Waals surface area contributed by atoms with Crippen molar-refractivity contribution >= 4 is 51.1 Å². The van der Waals surface area contributed by atoms with E-state index in [9.17, 15) is 9.18 Å². The van der Waals surface area contributed by atoms with Gasteiger partial charge in [0.25, 0.3) is 5.91 Å². The van der Waals surface area contributed by atoms with E-state index in [1.54, 1.807) is 24.3 Å². The Balaban J connectivity index is 1.60. The average Bonchev–Trinajstić information content (AvgIpc) is 2.71. The van der Waals surface area contributed by atoms with Crippen molar-refractivity contribution in [2.45, 2.75) is 32.5 Å². The molecule has 8 heteroatoms. The van der Waals surface area contributed by atoms with Crippen molar-refractivity contribution in [3.8, 4) is 11.8 Å². The van der Waals surface area contributed by atoms with E-state index in [1.807, 2.05) is 11.8 Å². The number of nitrogens with zero attached hydrogens (tertiary/aromatic N) is 3. The molecule has 0 bridgehead atoms. The summed E-state index contributed by atoms with van der Waals surface area (Å²) in [5.41, 5.74) is 1.63. The van der Waals surface area contributed by atoms with Crippen LogP contribution in [0.2, 0.25) is 0 Å². The van der Waals surface area contributed by atoms with Crippen LogP contribution in [-0.4, -0.2) is 47.5 Å². The van der Waals surface area contributed by atoms with Crippen molar-refractivity contribution in [3.63, 3.8) is 0 Å². The molecule has 0 aliphatic carbocycles. The third kappa shape index (κ3) is 5.62. The first kappa shape index (κ1) is 23.2. The molecule has 1 heterocycles. The molecule has 2 aromatic rings. The van der Waals surface area contributed by atoms with Gasteiger partial charge in [-0.3, -0.25) is 9.69 Å². The topological polar surface area (TPSA) is 56.6 Å². The highest BCUT2D eigenvalue weighted by Gasteiger charge is 2.32. The Hall–Kier alpha value is -1.45. The van der Waals surface area contributed by atoms with Crippen molar-refractivity contribution in [2.75, 3.05) is 19.7 Å². The van der Waals surface area contributed by atoms with Crippen molar-refractivity contribution in [2.24, 2.45) is 0 Å². The highest BCUT2D eigenvalue weighted by molar-refractivity contribution is 14.1. The standard InChI is InChI=1S/C22H22FI2N3O2/c1-14-11-28(15(2)10-27(14)12-16-3-5-18(23)6-4-16)21(29)13-30-22-19(24)7-17(9-26)8-20(22)25/h3-8,14-15H,10-13H2,1-2H3. The van der Waals surface area contributed by atoms with Crippen LogP contribution < -0.4 is 4.74 Å². The number of benzene rings is 2. The molecular formula is C22H22FI2N3O2. The third-order valence-electron chi connectivity index (χ3n) is 5.20. The van der Waals surface area contributed by atoms with E-state index in [0.29, 0.717) is 17.9 Å². The quantitative estimate of drug-likeness (QED) is 0.459. The van der Waals surface area contributed by atoms with E-state index in [-0.39, 0.29) is 30.4 Å². The smallest absolute Gasteiger partial charge is 0.260 e. The van der Waals surface area contributed by atoms with Gasteiger partial charge in [-0.15, -0.1) is 0 Å². The van der Waals surface area contributed by atoms with Crippen LogP contribution in [0.4, 0.5) is 4.39 Å². The Kier molecular flexibility index (Phi) is 7.92. The summed E-state index contributed by atoms with van der Waals surface area (Å²) in [4.78, 5) is 17.0. The second-order valence-corrected chi connectivity index (χ2v) is 9.79. The first-order chi connectivity index (χ1) is 14.3. The van der Waals surface area contributed by atoms with E-state index < -0.39 is 0 Å². The van der Waals surface area contributed by atoms with Crippen LogP contribution in [0, 0.1) is 24.3 Å². The molecule has 1 fully saturated rings. The summed E-state index contributed by atoms with van der Waals surface area (Å²) in [6.45, 7) is 6.20. The fraction of sp³-hybridized carbons (Fsp3) is 0.364. The predicted octanol–water partition coefficient (Wildman–Crippen LogP) is 4.41. The molecule has 0 aromatic heterocycles. The van der Waals surface area contributed by atoms with Crippen LogP contribution in [0.15, 0.2) is 36.4 Å². The molecule has 2 atom stereocenters. The second kappa shape index (κ2) is 10.2. The normalized spacial score (nSPS) is 19.4. The van der Waals surface area contributed by atoms with Gasteiger partial charge in [-0.1, -0.05) is 12.1 Å². The molecule has 0 radical (unpaired) electrons. The lowest BCUT2D eigenvalue weighted by atomic mass is 10.1. The van der Waals surface area contributed by atoms with Crippen molar-refractivity contribution in [1.29, 1.82) is 5.26 Å². The van der Waals surface area contributed by atoms with Crippen molar-refractivity contribution < 1.29 is 13.9 Å². The van der Waals surface area contributed by atoms with Gasteiger partial charge < -0.3 is 9.64 Å². The monoisotopic (exact) mass is 633 g/mol. The Morgan fingerprint density at radius 3 is 2.40 bits per heavy atom. The summed E-state index contributed by atoms with van der Waals surface area (Å²) in [5, 5.41) is 9.07. The fourth-order valence-electron chi connectivity index (χ4n) is 3.57. The van der Waals surface area contributed by atoms with Gasteiger partial charge in [0.05, 0.1) is 18.8 Å². The third-order valence-corrected chi connectivity index (χ3v) is 6.80. The maximum absolute atomic E-state index is 13.1. The number of carbonyl (C=O) groups excluding carboxylic acids is 1.